The SMILES string of the molecule is COc1ccc(C(=O)N2CCN(c3ccc(NC(=O)C4CC4)cc3C(=O)NCc3ccc(F)cc3)CC2)cc1. The van der Waals surface area contributed by atoms with Crippen molar-refractivity contribution in [2.24, 2.45) is 5.92 Å². The fraction of sp³-hybridized carbons (Fsp3) is 0.300. The Morgan fingerprint density at radius 1 is 0.923 bits per heavy atom. The summed E-state index contributed by atoms with van der Waals surface area (Å²) in [6.07, 6.45) is 1.77. The summed E-state index contributed by atoms with van der Waals surface area (Å²) in [7, 11) is 1.58. The van der Waals surface area contributed by atoms with Gasteiger partial charge >= 0.3 is 0 Å². The van der Waals surface area contributed by atoms with Gasteiger partial charge in [-0.05, 0) is 73.0 Å². The molecule has 202 valence electrons. The number of ether oxygens (including phenoxy) is 1. The zero-order valence-corrected chi connectivity index (χ0v) is 21.8. The van der Waals surface area contributed by atoms with Gasteiger partial charge in [0.1, 0.15) is 11.6 Å². The molecule has 2 N–H and O–H groups in total. The van der Waals surface area contributed by atoms with E-state index < -0.39 is 0 Å². The lowest BCUT2D eigenvalue weighted by Gasteiger charge is -2.37. The highest BCUT2D eigenvalue weighted by Gasteiger charge is 2.30. The van der Waals surface area contributed by atoms with Crippen LogP contribution in [0.5, 0.6) is 5.75 Å². The minimum atomic E-state index is -0.337. The molecule has 2 fully saturated rings. The minimum Gasteiger partial charge on any atom is -0.497 e. The number of hydrogen-bond donors (Lipinski definition) is 2. The van der Waals surface area contributed by atoms with Crippen LogP contribution in [0.4, 0.5) is 15.8 Å². The van der Waals surface area contributed by atoms with Crippen LogP contribution in [0.1, 0.15) is 39.1 Å². The Morgan fingerprint density at radius 2 is 1.62 bits per heavy atom. The summed E-state index contributed by atoms with van der Waals surface area (Å²) in [6.45, 7) is 2.34. The van der Waals surface area contributed by atoms with Crippen LogP contribution in [-0.4, -0.2) is 55.9 Å². The Hall–Kier alpha value is -4.40. The number of methoxy groups -OCH3 is 1. The van der Waals surface area contributed by atoms with Crippen LogP contribution in [0, 0.1) is 11.7 Å². The summed E-state index contributed by atoms with van der Waals surface area (Å²) in [6, 6.07) is 18.4. The molecule has 0 radical (unpaired) electrons. The Balaban J connectivity index is 1.30. The summed E-state index contributed by atoms with van der Waals surface area (Å²) in [5.41, 5.74) is 3.10. The predicted octanol–water partition coefficient (Wildman–Crippen LogP) is 4.08. The predicted molar refractivity (Wildman–Crippen MR) is 146 cm³/mol. The molecule has 2 aliphatic rings. The summed E-state index contributed by atoms with van der Waals surface area (Å²) in [5, 5.41) is 5.83. The summed E-state index contributed by atoms with van der Waals surface area (Å²) < 4.78 is 18.4. The lowest BCUT2D eigenvalue weighted by Crippen LogP contribution is -2.49. The van der Waals surface area contributed by atoms with Gasteiger partial charge in [0.25, 0.3) is 11.8 Å². The number of halogens is 1. The quantitative estimate of drug-likeness (QED) is 0.458. The smallest absolute Gasteiger partial charge is 0.253 e. The van der Waals surface area contributed by atoms with Gasteiger partial charge in [-0.2, -0.15) is 0 Å². The van der Waals surface area contributed by atoms with Crippen molar-refractivity contribution >= 4 is 29.1 Å². The van der Waals surface area contributed by atoms with Crippen molar-refractivity contribution in [3.8, 4) is 5.75 Å². The third-order valence-corrected chi connectivity index (χ3v) is 7.07. The molecule has 3 aromatic rings. The van der Waals surface area contributed by atoms with E-state index in [1.165, 1.54) is 12.1 Å². The largest absolute Gasteiger partial charge is 0.497 e. The van der Waals surface area contributed by atoms with E-state index in [0.29, 0.717) is 48.7 Å². The first-order valence-corrected chi connectivity index (χ1v) is 13.1. The number of carbonyl (C=O) groups excluding carboxylic acids is 3. The van der Waals surface area contributed by atoms with Crippen LogP contribution < -0.4 is 20.3 Å². The van der Waals surface area contributed by atoms with Gasteiger partial charge in [0.15, 0.2) is 0 Å². The van der Waals surface area contributed by atoms with Crippen molar-refractivity contribution in [1.29, 1.82) is 0 Å². The summed E-state index contributed by atoms with van der Waals surface area (Å²) >= 11 is 0. The van der Waals surface area contributed by atoms with E-state index in [4.69, 9.17) is 4.74 Å². The number of benzene rings is 3. The van der Waals surface area contributed by atoms with Crippen molar-refractivity contribution in [3.05, 3.63) is 89.2 Å². The van der Waals surface area contributed by atoms with Crippen LogP contribution in [0.3, 0.4) is 0 Å². The van der Waals surface area contributed by atoms with Crippen LogP contribution in [-0.2, 0) is 11.3 Å². The van der Waals surface area contributed by atoms with Crippen molar-refractivity contribution in [3.63, 3.8) is 0 Å². The maximum Gasteiger partial charge on any atom is 0.253 e. The molecular weight excluding hydrogens is 499 g/mol. The molecule has 3 amide bonds. The normalized spacial score (nSPS) is 15.0. The molecule has 0 atom stereocenters. The van der Waals surface area contributed by atoms with Crippen LogP contribution in [0.15, 0.2) is 66.7 Å². The topological polar surface area (TPSA) is 91.0 Å². The molecule has 0 unspecified atom stereocenters. The van der Waals surface area contributed by atoms with Gasteiger partial charge in [0.2, 0.25) is 5.91 Å². The van der Waals surface area contributed by atoms with Crippen molar-refractivity contribution in [2.75, 3.05) is 43.5 Å². The molecular formula is C30H31FN4O4. The van der Waals surface area contributed by atoms with Gasteiger partial charge in [-0.25, -0.2) is 4.39 Å². The second-order valence-corrected chi connectivity index (χ2v) is 9.81. The monoisotopic (exact) mass is 530 g/mol. The second-order valence-electron chi connectivity index (χ2n) is 9.81. The molecule has 1 aliphatic carbocycles. The Morgan fingerprint density at radius 3 is 2.26 bits per heavy atom. The first kappa shape index (κ1) is 26.2. The van der Waals surface area contributed by atoms with Gasteiger partial charge < -0.3 is 25.2 Å². The van der Waals surface area contributed by atoms with Crippen LogP contribution in [0.25, 0.3) is 0 Å². The van der Waals surface area contributed by atoms with Gasteiger partial charge in [0.05, 0.1) is 12.7 Å². The minimum absolute atomic E-state index is 0.0360. The lowest BCUT2D eigenvalue weighted by molar-refractivity contribution is -0.117. The zero-order chi connectivity index (χ0) is 27.4. The number of carbonyl (C=O) groups is 3. The Kier molecular flexibility index (Phi) is 7.76. The van der Waals surface area contributed by atoms with Gasteiger partial charge in [0, 0.05) is 55.6 Å². The highest BCUT2D eigenvalue weighted by Crippen LogP contribution is 2.31. The number of amides is 3. The average molecular weight is 531 g/mol. The Bertz CT molecular complexity index is 1350. The lowest BCUT2D eigenvalue weighted by atomic mass is 10.1. The molecule has 1 saturated heterocycles. The molecule has 8 nitrogen and oxygen atoms in total. The highest BCUT2D eigenvalue weighted by molar-refractivity contribution is 6.02. The van der Waals surface area contributed by atoms with Crippen molar-refractivity contribution in [2.45, 2.75) is 19.4 Å². The molecule has 9 heteroatoms. The number of anilines is 2. The van der Waals surface area contributed by atoms with E-state index >= 15 is 0 Å². The number of rotatable bonds is 8. The maximum absolute atomic E-state index is 13.3. The first-order valence-electron chi connectivity index (χ1n) is 13.1. The molecule has 39 heavy (non-hydrogen) atoms. The van der Waals surface area contributed by atoms with Gasteiger partial charge in [-0.15, -0.1) is 0 Å². The average Bonchev–Trinajstić information content (AvgIpc) is 3.82. The van der Waals surface area contributed by atoms with E-state index in [-0.39, 0.29) is 36.0 Å². The van der Waals surface area contributed by atoms with E-state index in [0.717, 1.165) is 24.1 Å². The summed E-state index contributed by atoms with van der Waals surface area (Å²) in [5.74, 6) is 0.0126. The molecule has 5 rings (SSSR count). The summed E-state index contributed by atoms with van der Waals surface area (Å²) in [4.78, 5) is 42.6. The third-order valence-electron chi connectivity index (χ3n) is 7.07. The van der Waals surface area contributed by atoms with E-state index in [2.05, 4.69) is 15.5 Å². The van der Waals surface area contributed by atoms with Crippen LogP contribution in [0.2, 0.25) is 0 Å². The van der Waals surface area contributed by atoms with Crippen LogP contribution >= 0.6 is 0 Å². The first-order chi connectivity index (χ1) is 18.9. The highest BCUT2D eigenvalue weighted by atomic mass is 19.1. The molecule has 1 heterocycles. The molecule has 0 aromatic heterocycles. The Labute approximate surface area is 226 Å². The van der Waals surface area contributed by atoms with Crippen molar-refractivity contribution < 1.29 is 23.5 Å². The molecule has 0 bridgehead atoms. The third kappa shape index (κ3) is 6.37. The number of nitrogens with zero attached hydrogens (tertiary/aromatic N) is 2. The fourth-order valence-corrected chi connectivity index (χ4v) is 4.61. The fourth-order valence-electron chi connectivity index (χ4n) is 4.61. The number of nitrogens with one attached hydrogen (secondary N) is 2. The molecule has 0 spiro atoms. The van der Waals surface area contributed by atoms with E-state index in [1.54, 1.807) is 60.5 Å². The van der Waals surface area contributed by atoms with E-state index in [9.17, 15) is 18.8 Å². The standard InChI is InChI=1S/C30H31FN4O4/c1-39-25-11-6-22(7-12-25)30(38)35-16-14-34(15-17-35)27-13-10-24(33-28(36)21-4-5-21)18-26(27)29(37)32-19-20-2-8-23(31)9-3-20/h2-3,6-13,18,21H,4-5,14-17,19H2,1H3,(H,32,37)(H,33,36). The zero-order valence-electron chi connectivity index (χ0n) is 21.8. The molecule has 1 saturated carbocycles. The molecule has 3 aromatic carbocycles. The molecule has 1 aliphatic heterocycles. The van der Waals surface area contributed by atoms with Gasteiger partial charge in [-0.3, -0.25) is 14.4 Å². The van der Waals surface area contributed by atoms with Crippen molar-refractivity contribution in [1.82, 2.24) is 10.2 Å². The number of hydrogen-bond acceptors (Lipinski definition) is 5. The maximum atomic E-state index is 13.3. The second kappa shape index (κ2) is 11.6. The number of piperazine rings is 1. The van der Waals surface area contributed by atoms with Gasteiger partial charge in [-0.1, -0.05) is 12.1 Å². The van der Waals surface area contributed by atoms with E-state index in [1.807, 2.05) is 6.07 Å².